The van der Waals surface area contributed by atoms with Gasteiger partial charge in [0.05, 0.1) is 6.10 Å². The highest BCUT2D eigenvalue weighted by Gasteiger charge is 2.08. The molecule has 17 heavy (non-hydrogen) atoms. The van der Waals surface area contributed by atoms with Crippen molar-refractivity contribution in [3.05, 3.63) is 34.9 Å². The first-order valence-corrected chi connectivity index (χ1v) is 6.68. The molecule has 0 radical (unpaired) electrons. The van der Waals surface area contributed by atoms with E-state index in [0.29, 0.717) is 6.04 Å². The predicted octanol–water partition coefficient (Wildman–Crippen LogP) is 3.54. The summed E-state index contributed by atoms with van der Waals surface area (Å²) in [6.45, 7) is 4.91. The Morgan fingerprint density at radius 3 is 2.76 bits per heavy atom. The van der Waals surface area contributed by atoms with Gasteiger partial charge in [-0.05, 0) is 50.4 Å². The van der Waals surface area contributed by atoms with Gasteiger partial charge < -0.3 is 10.4 Å². The number of aliphatic hydroxyl groups is 1. The summed E-state index contributed by atoms with van der Waals surface area (Å²) in [7, 11) is 0. The minimum atomic E-state index is -0.206. The van der Waals surface area contributed by atoms with Crippen molar-refractivity contribution in [1.82, 2.24) is 5.32 Å². The molecule has 0 saturated carbocycles. The summed E-state index contributed by atoms with van der Waals surface area (Å²) >= 11 is 5.99. The van der Waals surface area contributed by atoms with Gasteiger partial charge in [-0.15, -0.1) is 0 Å². The van der Waals surface area contributed by atoms with Crippen LogP contribution in [0.15, 0.2) is 24.3 Å². The Morgan fingerprint density at radius 2 is 2.18 bits per heavy atom. The molecule has 2 unspecified atom stereocenters. The summed E-state index contributed by atoms with van der Waals surface area (Å²) in [5.74, 6) is 0. The maximum Gasteiger partial charge on any atom is 0.0512 e. The molecule has 0 aliphatic carbocycles. The highest BCUT2D eigenvalue weighted by Crippen LogP contribution is 2.20. The highest BCUT2D eigenvalue weighted by atomic mass is 35.5. The molecular weight excluding hydrogens is 234 g/mol. The molecule has 3 heteroatoms. The molecule has 0 heterocycles. The van der Waals surface area contributed by atoms with Gasteiger partial charge in [-0.2, -0.15) is 0 Å². The molecule has 1 aromatic carbocycles. The van der Waals surface area contributed by atoms with Crippen LogP contribution in [0.2, 0.25) is 5.02 Å². The molecule has 96 valence electrons. The zero-order valence-corrected chi connectivity index (χ0v) is 11.4. The van der Waals surface area contributed by atoms with Crippen LogP contribution < -0.4 is 5.32 Å². The molecule has 0 saturated heterocycles. The third kappa shape index (κ3) is 5.53. The second kappa shape index (κ2) is 7.70. The summed E-state index contributed by atoms with van der Waals surface area (Å²) in [6, 6.07) is 8.34. The Hall–Kier alpha value is -0.570. The lowest BCUT2D eigenvalue weighted by atomic mass is 10.0. The third-order valence-corrected chi connectivity index (χ3v) is 3.08. The van der Waals surface area contributed by atoms with E-state index < -0.39 is 0 Å². The van der Waals surface area contributed by atoms with E-state index in [2.05, 4.69) is 18.3 Å². The van der Waals surface area contributed by atoms with Gasteiger partial charge in [-0.25, -0.2) is 0 Å². The Kier molecular flexibility index (Phi) is 6.56. The van der Waals surface area contributed by atoms with Crippen LogP contribution >= 0.6 is 11.6 Å². The lowest BCUT2D eigenvalue weighted by Gasteiger charge is -2.18. The second-order valence-electron chi connectivity index (χ2n) is 4.46. The van der Waals surface area contributed by atoms with Crippen molar-refractivity contribution < 1.29 is 5.11 Å². The van der Waals surface area contributed by atoms with E-state index >= 15 is 0 Å². The average molecular weight is 256 g/mol. The number of hydrogen-bond donors (Lipinski definition) is 2. The molecule has 1 rings (SSSR count). The molecule has 0 amide bonds. The molecular formula is C14H22ClNO. The number of aliphatic hydroxyl groups excluding tert-OH is 1. The fourth-order valence-electron chi connectivity index (χ4n) is 1.89. The minimum absolute atomic E-state index is 0.206. The van der Waals surface area contributed by atoms with Crippen LogP contribution in [-0.4, -0.2) is 17.8 Å². The average Bonchev–Trinajstić information content (AvgIpc) is 2.29. The van der Waals surface area contributed by atoms with Crippen molar-refractivity contribution in [3.8, 4) is 0 Å². The first kappa shape index (κ1) is 14.5. The van der Waals surface area contributed by atoms with Gasteiger partial charge in [-0.3, -0.25) is 0 Å². The van der Waals surface area contributed by atoms with Gasteiger partial charge in [0.1, 0.15) is 0 Å². The molecule has 2 atom stereocenters. The molecule has 0 fully saturated rings. The summed E-state index contributed by atoms with van der Waals surface area (Å²) in [6.07, 6.45) is 2.67. The van der Waals surface area contributed by atoms with Crippen LogP contribution in [0.1, 0.15) is 44.7 Å². The maximum absolute atomic E-state index is 9.18. The Morgan fingerprint density at radius 1 is 1.41 bits per heavy atom. The van der Waals surface area contributed by atoms with Gasteiger partial charge in [0, 0.05) is 11.1 Å². The van der Waals surface area contributed by atoms with Crippen molar-refractivity contribution >= 4 is 11.6 Å². The first-order valence-electron chi connectivity index (χ1n) is 6.30. The van der Waals surface area contributed by atoms with E-state index in [0.717, 1.165) is 30.8 Å². The Labute approximate surface area is 109 Å². The second-order valence-corrected chi connectivity index (χ2v) is 4.90. The van der Waals surface area contributed by atoms with Crippen molar-refractivity contribution in [2.24, 2.45) is 0 Å². The number of nitrogens with one attached hydrogen (secondary N) is 1. The van der Waals surface area contributed by atoms with Gasteiger partial charge in [0.15, 0.2) is 0 Å². The molecule has 2 N–H and O–H groups in total. The molecule has 0 bridgehead atoms. The van der Waals surface area contributed by atoms with E-state index in [4.69, 9.17) is 11.6 Å². The third-order valence-electron chi connectivity index (χ3n) is 2.85. The van der Waals surface area contributed by atoms with E-state index in [1.54, 1.807) is 0 Å². The predicted molar refractivity (Wildman–Crippen MR) is 73.4 cm³/mol. The molecule has 0 aliphatic heterocycles. The Bertz CT molecular complexity index is 328. The zero-order valence-electron chi connectivity index (χ0n) is 10.6. The molecule has 1 aromatic rings. The van der Waals surface area contributed by atoms with Crippen LogP contribution in [0.4, 0.5) is 0 Å². The van der Waals surface area contributed by atoms with E-state index in [9.17, 15) is 5.11 Å². The van der Waals surface area contributed by atoms with Gasteiger partial charge in [-0.1, -0.05) is 30.7 Å². The summed E-state index contributed by atoms with van der Waals surface area (Å²) in [5.41, 5.74) is 1.23. The molecule has 0 aromatic heterocycles. The van der Waals surface area contributed by atoms with Gasteiger partial charge >= 0.3 is 0 Å². The number of rotatable bonds is 7. The van der Waals surface area contributed by atoms with Gasteiger partial charge in [0.2, 0.25) is 0 Å². The van der Waals surface area contributed by atoms with Gasteiger partial charge in [0.25, 0.3) is 0 Å². The minimum Gasteiger partial charge on any atom is -0.393 e. The van der Waals surface area contributed by atoms with Crippen LogP contribution in [-0.2, 0) is 0 Å². The largest absolute Gasteiger partial charge is 0.393 e. The fourth-order valence-corrected chi connectivity index (χ4v) is 2.09. The summed E-state index contributed by atoms with van der Waals surface area (Å²) in [5, 5.41) is 13.5. The van der Waals surface area contributed by atoms with E-state index in [1.807, 2.05) is 25.1 Å². The monoisotopic (exact) mass is 255 g/mol. The van der Waals surface area contributed by atoms with Crippen LogP contribution in [0, 0.1) is 0 Å². The van der Waals surface area contributed by atoms with Crippen molar-refractivity contribution in [3.63, 3.8) is 0 Å². The SMILES string of the molecule is CCC(NCCCC(C)O)c1cccc(Cl)c1. The summed E-state index contributed by atoms with van der Waals surface area (Å²) < 4.78 is 0. The zero-order chi connectivity index (χ0) is 12.7. The number of halogens is 1. The van der Waals surface area contributed by atoms with E-state index in [-0.39, 0.29) is 6.10 Å². The Balaban J connectivity index is 2.43. The topological polar surface area (TPSA) is 32.3 Å². The molecule has 0 spiro atoms. The molecule has 2 nitrogen and oxygen atoms in total. The van der Waals surface area contributed by atoms with Crippen molar-refractivity contribution in [1.29, 1.82) is 0 Å². The van der Waals surface area contributed by atoms with Crippen LogP contribution in [0.5, 0.6) is 0 Å². The van der Waals surface area contributed by atoms with Crippen LogP contribution in [0.3, 0.4) is 0 Å². The maximum atomic E-state index is 9.18. The standard InChI is InChI=1S/C14H22ClNO/c1-3-14(16-9-5-6-11(2)17)12-7-4-8-13(15)10-12/h4,7-8,10-11,14,16-17H,3,5-6,9H2,1-2H3. The van der Waals surface area contributed by atoms with Crippen LogP contribution in [0.25, 0.3) is 0 Å². The van der Waals surface area contributed by atoms with Crippen molar-refractivity contribution in [2.45, 2.75) is 45.3 Å². The summed E-state index contributed by atoms with van der Waals surface area (Å²) in [4.78, 5) is 0. The van der Waals surface area contributed by atoms with Crippen molar-refractivity contribution in [2.75, 3.05) is 6.54 Å². The lowest BCUT2D eigenvalue weighted by molar-refractivity contribution is 0.181. The smallest absolute Gasteiger partial charge is 0.0512 e. The first-order chi connectivity index (χ1) is 8.13. The highest BCUT2D eigenvalue weighted by molar-refractivity contribution is 6.30. The quantitative estimate of drug-likeness (QED) is 0.731. The number of hydrogen-bond acceptors (Lipinski definition) is 2. The fraction of sp³-hybridized carbons (Fsp3) is 0.571. The molecule has 0 aliphatic rings. The number of benzene rings is 1. The van der Waals surface area contributed by atoms with E-state index in [1.165, 1.54) is 5.56 Å². The normalized spacial score (nSPS) is 14.6. The lowest BCUT2D eigenvalue weighted by Crippen LogP contribution is -2.22.